The van der Waals surface area contributed by atoms with Crippen LogP contribution in [0.1, 0.15) is 18.0 Å². The molecule has 0 aliphatic heterocycles. The van der Waals surface area contributed by atoms with E-state index in [4.69, 9.17) is 15.5 Å². The van der Waals surface area contributed by atoms with E-state index in [1.165, 1.54) is 12.1 Å². The van der Waals surface area contributed by atoms with Gasteiger partial charge in [0.25, 0.3) is 0 Å². The summed E-state index contributed by atoms with van der Waals surface area (Å²) in [6, 6.07) is 6.53. The van der Waals surface area contributed by atoms with Gasteiger partial charge in [0.1, 0.15) is 0 Å². The van der Waals surface area contributed by atoms with Gasteiger partial charge in [-0.05, 0) is 5.56 Å². The molecule has 0 aliphatic rings. The molecule has 1 rings (SSSR count). The van der Waals surface area contributed by atoms with E-state index in [-0.39, 0.29) is 118 Å². The number of hydrogen-bond donors (Lipinski definition) is 4. The maximum atomic E-state index is 11.0. The van der Waals surface area contributed by atoms with Gasteiger partial charge in [-0.1, -0.05) is 30.3 Å². The molecule has 14 heteroatoms. The molecule has 1 aromatic rings. The van der Waals surface area contributed by atoms with Crippen molar-refractivity contribution in [1.29, 1.82) is 0 Å². The molecule has 0 fully saturated rings. The Labute approximate surface area is 222 Å². The van der Waals surface area contributed by atoms with E-state index < -0.39 is 32.7 Å². The van der Waals surface area contributed by atoms with Crippen LogP contribution in [-0.4, -0.2) is 79.1 Å². The summed E-state index contributed by atoms with van der Waals surface area (Å²) >= 11 is 0. The Hall–Kier alpha value is 3.44. The minimum atomic E-state index is -5.78. The van der Waals surface area contributed by atoms with Crippen LogP contribution in [0.2, 0.25) is 0 Å². The molecule has 2 radical (unpaired) electrons. The Morgan fingerprint density at radius 3 is 1.70 bits per heavy atom. The first kappa shape index (κ1) is 34.0. The van der Waals surface area contributed by atoms with Crippen LogP contribution in [0.25, 0.3) is 0 Å². The van der Waals surface area contributed by atoms with Crippen molar-refractivity contribution in [2.45, 2.75) is 17.5 Å². The molecule has 0 amide bonds. The van der Waals surface area contributed by atoms with Gasteiger partial charge in [-0.25, -0.2) is 0 Å². The summed E-state index contributed by atoms with van der Waals surface area (Å²) in [6.45, 7) is 0. The quantitative estimate of drug-likeness (QED) is 0.279. The average Bonchev–Trinajstić information content (AvgIpc) is 2.27. The molecule has 3 atom stereocenters. The molecule has 8 nitrogen and oxygen atoms in total. The van der Waals surface area contributed by atoms with E-state index >= 15 is 0 Å². The third-order valence-electron chi connectivity index (χ3n) is 2.63. The van der Waals surface area contributed by atoms with Crippen LogP contribution >= 0.6 is 15.2 Å². The summed E-state index contributed by atoms with van der Waals surface area (Å²) in [4.78, 5) is 39.7. The fourth-order valence-corrected chi connectivity index (χ4v) is 3.64. The second kappa shape index (κ2) is 13.6. The molecule has 5 N–H and O–H groups in total. The molecule has 23 heavy (non-hydrogen) atoms. The first-order valence-corrected chi connectivity index (χ1v) is 8.25. The van der Waals surface area contributed by atoms with Crippen LogP contribution in [0.3, 0.4) is 0 Å². The Kier molecular flexibility index (Phi) is 20.1. The predicted molar refractivity (Wildman–Crippen MR) is 74.1 cm³/mol. The SMILES string of the molecule is NC(CC(O)(P(=O)([O-])O)P(=O)([O-])O)c1ccccc1.[Na+].[Na+].[Na].[Na]. The molecule has 0 saturated heterocycles. The van der Waals surface area contributed by atoms with E-state index in [0.717, 1.165) is 0 Å². The van der Waals surface area contributed by atoms with Crippen LogP contribution < -0.4 is 74.6 Å². The number of rotatable bonds is 5. The minimum absolute atomic E-state index is 0. The van der Waals surface area contributed by atoms with Crippen molar-refractivity contribution in [1.82, 2.24) is 0 Å². The van der Waals surface area contributed by atoms with E-state index in [1.54, 1.807) is 18.2 Å². The van der Waals surface area contributed by atoms with Gasteiger partial charge in [-0.2, -0.15) is 0 Å². The molecule has 0 spiro atoms. The molecule has 0 aromatic heterocycles. The fourth-order valence-electron chi connectivity index (χ4n) is 1.50. The summed E-state index contributed by atoms with van der Waals surface area (Å²) in [5, 5.41) is 5.87. The van der Waals surface area contributed by atoms with Crippen LogP contribution in [0.5, 0.6) is 0 Å². The van der Waals surface area contributed by atoms with Crippen molar-refractivity contribution in [2.24, 2.45) is 5.73 Å². The van der Waals surface area contributed by atoms with Crippen molar-refractivity contribution in [2.75, 3.05) is 0 Å². The Bertz CT molecular complexity index is 516. The largest absolute Gasteiger partial charge is 1.00 e. The standard InChI is InChI=1S/C9H15NO7P2.4Na/c10-8(7-4-2-1-3-5-7)6-9(11,18(12,13)14)19(15,16)17;;;;/h1-5,8,11H,6,10H2,(H2,12,13,14)(H2,15,16,17);;;;/q;;;2*+1/p-2. The van der Waals surface area contributed by atoms with E-state index in [2.05, 4.69) is 0 Å². The van der Waals surface area contributed by atoms with Crippen LogP contribution in [-0.2, 0) is 9.13 Å². The fraction of sp³-hybridized carbons (Fsp3) is 0.333. The second-order valence-electron chi connectivity index (χ2n) is 4.04. The van der Waals surface area contributed by atoms with Crippen LogP contribution in [0.15, 0.2) is 30.3 Å². The van der Waals surface area contributed by atoms with Gasteiger partial charge in [0.15, 0.2) is 20.3 Å². The van der Waals surface area contributed by atoms with Crippen LogP contribution in [0, 0.1) is 0 Å². The molecule has 0 saturated carbocycles. The summed E-state index contributed by atoms with van der Waals surface area (Å²) in [6.07, 6.45) is -1.09. The zero-order valence-electron chi connectivity index (χ0n) is 13.6. The van der Waals surface area contributed by atoms with E-state index in [1.807, 2.05) is 0 Å². The number of nitrogens with two attached hydrogens (primary N) is 1. The van der Waals surface area contributed by atoms with Gasteiger partial charge >= 0.3 is 59.1 Å². The maximum Gasteiger partial charge on any atom is 1.00 e. The topological polar surface area (TPSA) is 167 Å². The van der Waals surface area contributed by atoms with E-state index in [9.17, 15) is 24.0 Å². The van der Waals surface area contributed by atoms with Crippen molar-refractivity contribution in [3.8, 4) is 0 Å². The third-order valence-corrected chi connectivity index (χ3v) is 6.32. The smallest absolute Gasteiger partial charge is 0.776 e. The zero-order valence-corrected chi connectivity index (χ0v) is 23.4. The number of aliphatic hydroxyl groups is 1. The van der Waals surface area contributed by atoms with Gasteiger partial charge < -0.3 is 39.5 Å². The first-order chi connectivity index (χ1) is 8.49. The first-order valence-electron chi connectivity index (χ1n) is 5.10. The van der Waals surface area contributed by atoms with Gasteiger partial charge in [0.05, 0.1) is 0 Å². The Morgan fingerprint density at radius 2 is 1.39 bits per heavy atom. The predicted octanol–water partition coefficient (Wildman–Crippen LogP) is -7.94. The van der Waals surface area contributed by atoms with Crippen molar-refractivity contribution >= 4 is 74.3 Å². The number of benzene rings is 1. The summed E-state index contributed by atoms with van der Waals surface area (Å²) in [5.74, 6) is 0. The molecular weight excluding hydrogens is 388 g/mol. The molecule has 3 unspecified atom stereocenters. The zero-order chi connectivity index (χ0) is 14.9. The molecule has 0 heterocycles. The summed E-state index contributed by atoms with van der Waals surface area (Å²) in [5.41, 5.74) is 5.91. The second-order valence-corrected chi connectivity index (χ2v) is 7.95. The van der Waals surface area contributed by atoms with Crippen molar-refractivity contribution in [3.05, 3.63) is 35.9 Å². The Balaban J connectivity index is -0.000000451. The average molecular weight is 401 g/mol. The molecular formula is C9H13NNa4O7P2. The monoisotopic (exact) mass is 401 g/mol. The molecule has 1 aromatic carbocycles. The van der Waals surface area contributed by atoms with Gasteiger partial charge in [0, 0.05) is 71.6 Å². The minimum Gasteiger partial charge on any atom is -0.776 e. The Morgan fingerprint density at radius 1 is 1.04 bits per heavy atom. The van der Waals surface area contributed by atoms with Gasteiger partial charge in [-0.3, -0.25) is 0 Å². The third kappa shape index (κ3) is 9.46. The van der Waals surface area contributed by atoms with E-state index in [0.29, 0.717) is 5.56 Å². The normalized spacial score (nSPS) is 18.9. The molecule has 110 valence electrons. The van der Waals surface area contributed by atoms with Crippen LogP contribution in [0.4, 0.5) is 0 Å². The van der Waals surface area contributed by atoms with Crippen molar-refractivity contribution in [3.63, 3.8) is 0 Å². The summed E-state index contributed by atoms with van der Waals surface area (Å²) in [7, 11) is -11.6. The maximum absolute atomic E-state index is 11.0. The summed E-state index contributed by atoms with van der Waals surface area (Å²) < 4.78 is 22.0. The molecule has 0 bridgehead atoms. The molecule has 0 aliphatic carbocycles. The van der Waals surface area contributed by atoms with Crippen molar-refractivity contribution < 1.29 is 92.9 Å². The van der Waals surface area contributed by atoms with Gasteiger partial charge in [0.2, 0.25) is 0 Å². The number of hydrogen-bond acceptors (Lipinski definition) is 6. The van der Waals surface area contributed by atoms with Gasteiger partial charge in [-0.15, -0.1) is 0 Å².